The molecule has 2 N–H and O–H groups in total. The molecule has 1 atom stereocenters. The van der Waals surface area contributed by atoms with E-state index in [0.717, 1.165) is 25.3 Å². The monoisotopic (exact) mass is 379 g/mol. The number of hydrogen-bond donors (Lipinski definition) is 2. The van der Waals surface area contributed by atoms with Crippen LogP contribution in [0.25, 0.3) is 11.1 Å². The summed E-state index contributed by atoms with van der Waals surface area (Å²) < 4.78 is 1.84. The standard InChI is InChI=1S/C22H29N5O/c1-16-5-7-18(8-6-16)21-12-23-24-22(21)19-4-3-9-26(13-19)14-20-15-27(10-11-28)25-17(20)2/h5-8,12,15,19,28H,3-4,9-11,13-14H2,1-2H3,(H,23,24)/t19-/m1/s1. The van der Waals surface area contributed by atoms with Gasteiger partial charge in [0.05, 0.1) is 25.0 Å². The maximum absolute atomic E-state index is 9.14. The molecule has 6 nitrogen and oxygen atoms in total. The molecule has 0 aliphatic carbocycles. The second kappa shape index (κ2) is 8.29. The number of aryl methyl sites for hydroxylation is 2. The predicted octanol–water partition coefficient (Wildman–Crippen LogP) is 3.26. The average Bonchev–Trinajstić information content (AvgIpc) is 3.30. The van der Waals surface area contributed by atoms with Crippen molar-refractivity contribution in [1.29, 1.82) is 0 Å². The molecule has 1 aliphatic heterocycles. The first-order valence-corrected chi connectivity index (χ1v) is 10.1. The van der Waals surface area contributed by atoms with E-state index in [-0.39, 0.29) is 6.61 Å². The van der Waals surface area contributed by atoms with Crippen LogP contribution in [0.3, 0.4) is 0 Å². The van der Waals surface area contributed by atoms with Crippen LogP contribution in [0, 0.1) is 13.8 Å². The second-order valence-electron chi connectivity index (χ2n) is 7.86. The molecule has 3 heterocycles. The van der Waals surface area contributed by atoms with Gasteiger partial charge in [0.25, 0.3) is 0 Å². The molecule has 0 saturated carbocycles. The number of piperidine rings is 1. The van der Waals surface area contributed by atoms with Gasteiger partial charge in [-0.3, -0.25) is 14.7 Å². The number of nitrogens with zero attached hydrogens (tertiary/aromatic N) is 4. The molecule has 0 radical (unpaired) electrons. The highest BCUT2D eigenvalue weighted by Gasteiger charge is 2.25. The minimum absolute atomic E-state index is 0.119. The van der Waals surface area contributed by atoms with Gasteiger partial charge in [-0.25, -0.2) is 0 Å². The second-order valence-corrected chi connectivity index (χ2v) is 7.86. The number of rotatable bonds is 6. The number of aromatic nitrogens is 4. The predicted molar refractivity (Wildman–Crippen MR) is 110 cm³/mol. The first kappa shape index (κ1) is 18.9. The van der Waals surface area contributed by atoms with E-state index in [1.54, 1.807) is 0 Å². The Kier molecular flexibility index (Phi) is 5.59. The Morgan fingerprint density at radius 3 is 2.82 bits per heavy atom. The fourth-order valence-corrected chi connectivity index (χ4v) is 4.18. The minimum Gasteiger partial charge on any atom is -0.394 e. The number of benzene rings is 1. The van der Waals surface area contributed by atoms with Gasteiger partial charge in [-0.1, -0.05) is 29.8 Å². The first-order valence-electron chi connectivity index (χ1n) is 10.1. The van der Waals surface area contributed by atoms with Crippen molar-refractivity contribution in [3.63, 3.8) is 0 Å². The summed E-state index contributed by atoms with van der Waals surface area (Å²) in [5.74, 6) is 0.459. The molecule has 148 valence electrons. The van der Waals surface area contributed by atoms with E-state index >= 15 is 0 Å². The summed E-state index contributed by atoms with van der Waals surface area (Å²) >= 11 is 0. The summed E-state index contributed by atoms with van der Waals surface area (Å²) in [6, 6.07) is 8.69. The minimum atomic E-state index is 0.119. The van der Waals surface area contributed by atoms with E-state index in [4.69, 9.17) is 5.11 Å². The van der Waals surface area contributed by atoms with Gasteiger partial charge in [-0.2, -0.15) is 10.2 Å². The Morgan fingerprint density at radius 1 is 1.21 bits per heavy atom. The molecule has 1 fully saturated rings. The van der Waals surface area contributed by atoms with Crippen molar-refractivity contribution in [2.24, 2.45) is 0 Å². The lowest BCUT2D eigenvalue weighted by molar-refractivity contribution is 0.198. The third kappa shape index (κ3) is 4.03. The summed E-state index contributed by atoms with van der Waals surface area (Å²) in [6.07, 6.45) is 6.40. The molecule has 3 aromatic rings. The van der Waals surface area contributed by atoms with Crippen LogP contribution in [-0.4, -0.2) is 49.7 Å². The van der Waals surface area contributed by atoms with Gasteiger partial charge < -0.3 is 5.11 Å². The Morgan fingerprint density at radius 2 is 2.04 bits per heavy atom. The Hall–Kier alpha value is -2.44. The lowest BCUT2D eigenvalue weighted by Crippen LogP contribution is -2.34. The number of aromatic amines is 1. The molecule has 1 aromatic carbocycles. The van der Waals surface area contributed by atoms with Gasteiger partial charge in [0.1, 0.15) is 0 Å². The van der Waals surface area contributed by atoms with Gasteiger partial charge in [-0.05, 0) is 38.8 Å². The summed E-state index contributed by atoms with van der Waals surface area (Å²) in [5, 5.41) is 21.3. The van der Waals surface area contributed by atoms with Crippen LogP contribution in [0.5, 0.6) is 0 Å². The quantitative estimate of drug-likeness (QED) is 0.690. The third-order valence-corrected chi connectivity index (χ3v) is 5.72. The Labute approximate surface area is 166 Å². The fourth-order valence-electron chi connectivity index (χ4n) is 4.18. The lowest BCUT2D eigenvalue weighted by Gasteiger charge is -2.32. The Bertz CT molecular complexity index is 911. The van der Waals surface area contributed by atoms with Crippen molar-refractivity contribution < 1.29 is 5.11 Å². The molecule has 4 rings (SSSR count). The molecule has 0 spiro atoms. The van der Waals surface area contributed by atoms with E-state index < -0.39 is 0 Å². The van der Waals surface area contributed by atoms with Gasteiger partial charge in [0.15, 0.2) is 0 Å². The zero-order valence-electron chi connectivity index (χ0n) is 16.7. The van der Waals surface area contributed by atoms with E-state index in [0.29, 0.717) is 12.5 Å². The highest BCUT2D eigenvalue weighted by Crippen LogP contribution is 2.33. The van der Waals surface area contributed by atoms with E-state index in [9.17, 15) is 0 Å². The van der Waals surface area contributed by atoms with Crippen molar-refractivity contribution in [1.82, 2.24) is 24.9 Å². The molecule has 2 aromatic heterocycles. The number of H-pyrrole nitrogens is 1. The molecule has 0 amide bonds. The number of likely N-dealkylation sites (tertiary alicyclic amines) is 1. The van der Waals surface area contributed by atoms with Gasteiger partial charge >= 0.3 is 0 Å². The molecule has 1 aliphatic rings. The number of aliphatic hydroxyl groups excluding tert-OH is 1. The van der Waals surface area contributed by atoms with Crippen LogP contribution in [0.15, 0.2) is 36.7 Å². The molecule has 28 heavy (non-hydrogen) atoms. The molecule has 0 unspecified atom stereocenters. The van der Waals surface area contributed by atoms with Crippen molar-refractivity contribution in [3.05, 3.63) is 59.2 Å². The molecular weight excluding hydrogens is 350 g/mol. The smallest absolute Gasteiger partial charge is 0.0641 e. The van der Waals surface area contributed by atoms with Gasteiger partial charge in [0.2, 0.25) is 0 Å². The number of nitrogens with one attached hydrogen (secondary N) is 1. The van der Waals surface area contributed by atoms with Crippen molar-refractivity contribution >= 4 is 0 Å². The molecular formula is C22H29N5O. The summed E-state index contributed by atoms with van der Waals surface area (Å²) in [7, 11) is 0. The van der Waals surface area contributed by atoms with E-state index in [1.165, 1.54) is 40.8 Å². The van der Waals surface area contributed by atoms with Gasteiger partial charge in [-0.15, -0.1) is 0 Å². The third-order valence-electron chi connectivity index (χ3n) is 5.72. The zero-order chi connectivity index (χ0) is 19.5. The summed E-state index contributed by atoms with van der Waals surface area (Å²) in [6.45, 7) is 7.87. The van der Waals surface area contributed by atoms with Crippen molar-refractivity contribution in [2.75, 3.05) is 19.7 Å². The lowest BCUT2D eigenvalue weighted by atomic mass is 9.90. The Balaban J connectivity index is 1.49. The van der Waals surface area contributed by atoms with Crippen LogP contribution >= 0.6 is 0 Å². The van der Waals surface area contributed by atoms with Crippen molar-refractivity contribution in [3.8, 4) is 11.1 Å². The summed E-state index contributed by atoms with van der Waals surface area (Å²) in [5.41, 5.74) is 7.28. The number of aliphatic hydroxyl groups is 1. The highest BCUT2D eigenvalue weighted by molar-refractivity contribution is 5.66. The maximum Gasteiger partial charge on any atom is 0.0641 e. The van der Waals surface area contributed by atoms with Crippen LogP contribution in [0.1, 0.15) is 41.3 Å². The van der Waals surface area contributed by atoms with E-state index in [2.05, 4.69) is 64.5 Å². The van der Waals surface area contributed by atoms with Crippen LogP contribution in [-0.2, 0) is 13.1 Å². The number of hydrogen-bond acceptors (Lipinski definition) is 4. The zero-order valence-corrected chi connectivity index (χ0v) is 16.7. The van der Waals surface area contributed by atoms with Crippen LogP contribution in [0.2, 0.25) is 0 Å². The van der Waals surface area contributed by atoms with Crippen LogP contribution < -0.4 is 0 Å². The molecule has 6 heteroatoms. The van der Waals surface area contributed by atoms with Crippen molar-refractivity contribution in [2.45, 2.75) is 45.7 Å². The largest absolute Gasteiger partial charge is 0.394 e. The molecule has 0 bridgehead atoms. The normalized spacial score (nSPS) is 17.9. The SMILES string of the molecule is Cc1ccc(-c2cn[nH]c2[C@@H]2CCCN(Cc3cn(CCO)nc3C)C2)cc1. The average molecular weight is 380 g/mol. The fraction of sp³-hybridized carbons (Fsp3) is 0.455. The topological polar surface area (TPSA) is 70.0 Å². The first-order chi connectivity index (χ1) is 13.6. The summed E-state index contributed by atoms with van der Waals surface area (Å²) in [4.78, 5) is 2.52. The maximum atomic E-state index is 9.14. The van der Waals surface area contributed by atoms with Crippen LogP contribution in [0.4, 0.5) is 0 Å². The van der Waals surface area contributed by atoms with E-state index in [1.807, 2.05) is 10.9 Å². The highest BCUT2D eigenvalue weighted by atomic mass is 16.3. The molecule has 1 saturated heterocycles. The van der Waals surface area contributed by atoms with Gasteiger partial charge in [0, 0.05) is 42.0 Å².